The fourth-order valence-electron chi connectivity index (χ4n) is 4.48. The summed E-state index contributed by atoms with van der Waals surface area (Å²) in [5.41, 5.74) is 4.16. The first-order chi connectivity index (χ1) is 18.4. The zero-order valence-corrected chi connectivity index (χ0v) is 22.5. The van der Waals surface area contributed by atoms with Crippen LogP contribution in [0.4, 0.5) is 11.4 Å². The summed E-state index contributed by atoms with van der Waals surface area (Å²) < 4.78 is 5.61. The molecule has 0 aromatic heterocycles. The third-order valence-electron chi connectivity index (χ3n) is 6.50. The number of methoxy groups -OCH3 is 1. The second-order valence-corrected chi connectivity index (χ2v) is 10.5. The molecule has 0 spiro atoms. The molecule has 2 aliphatic rings. The highest BCUT2D eigenvalue weighted by atomic mass is 32.2. The van der Waals surface area contributed by atoms with Gasteiger partial charge in [0, 0.05) is 17.8 Å². The quantitative estimate of drug-likeness (QED) is 0.341. The molecule has 0 unspecified atom stereocenters. The van der Waals surface area contributed by atoms with Crippen molar-refractivity contribution >= 4 is 63.0 Å². The first kappa shape index (κ1) is 25.7. The van der Waals surface area contributed by atoms with Gasteiger partial charge in [0.15, 0.2) is 0 Å². The number of hydrogen-bond acceptors (Lipinski definition) is 6. The number of carbonyl (C=O) groups is 3. The predicted octanol–water partition coefficient (Wildman–Crippen LogP) is 4.80. The number of thioether (sulfide) groups is 1. The molecule has 9 heteroatoms. The third kappa shape index (κ3) is 4.94. The average molecular weight is 544 g/mol. The van der Waals surface area contributed by atoms with Crippen LogP contribution in [0.3, 0.4) is 0 Å². The molecule has 7 nitrogen and oxygen atoms in total. The second kappa shape index (κ2) is 10.8. The number of nitrogens with one attached hydrogen (secondary N) is 1. The van der Waals surface area contributed by atoms with Crippen LogP contribution in [-0.4, -0.2) is 47.1 Å². The van der Waals surface area contributed by atoms with Gasteiger partial charge in [-0.3, -0.25) is 24.2 Å². The zero-order valence-electron chi connectivity index (χ0n) is 20.9. The van der Waals surface area contributed by atoms with Crippen LogP contribution in [0.5, 0.6) is 5.75 Å². The predicted molar refractivity (Wildman–Crippen MR) is 154 cm³/mol. The van der Waals surface area contributed by atoms with Crippen molar-refractivity contribution in [3.05, 3.63) is 94.4 Å². The lowest BCUT2D eigenvalue weighted by atomic mass is 10.1. The van der Waals surface area contributed by atoms with Crippen LogP contribution >= 0.6 is 24.0 Å². The van der Waals surface area contributed by atoms with Crippen LogP contribution in [-0.2, 0) is 20.8 Å². The highest BCUT2D eigenvalue weighted by molar-refractivity contribution is 8.26. The summed E-state index contributed by atoms with van der Waals surface area (Å²) in [7, 11) is 1.61. The molecular formula is C29H25N3O4S2. The van der Waals surface area contributed by atoms with Crippen LogP contribution in [0.15, 0.2) is 77.7 Å². The molecule has 3 aromatic carbocycles. The molecule has 0 aliphatic carbocycles. The van der Waals surface area contributed by atoms with E-state index in [-0.39, 0.29) is 29.8 Å². The summed E-state index contributed by atoms with van der Waals surface area (Å²) in [6.45, 7) is 2.12. The number of ether oxygens (including phenoxy) is 1. The van der Waals surface area contributed by atoms with Gasteiger partial charge in [-0.1, -0.05) is 72.5 Å². The number of fused-ring (bicyclic) bond motifs is 1. The van der Waals surface area contributed by atoms with Gasteiger partial charge in [-0.05, 0) is 48.7 Å². The molecule has 38 heavy (non-hydrogen) atoms. The Kier molecular flexibility index (Phi) is 7.31. The summed E-state index contributed by atoms with van der Waals surface area (Å²) in [5.74, 6) is -0.241. The van der Waals surface area contributed by atoms with E-state index in [2.05, 4.69) is 5.32 Å². The van der Waals surface area contributed by atoms with E-state index in [0.29, 0.717) is 39.1 Å². The Morgan fingerprint density at radius 1 is 0.947 bits per heavy atom. The molecule has 2 heterocycles. The van der Waals surface area contributed by atoms with E-state index in [1.165, 1.54) is 9.80 Å². The van der Waals surface area contributed by atoms with Gasteiger partial charge in [-0.15, -0.1) is 0 Å². The number of carbonyl (C=O) groups excluding carboxylic acids is 3. The Hall–Kier alpha value is -3.95. The number of anilines is 2. The summed E-state index contributed by atoms with van der Waals surface area (Å²) in [5, 5.41) is 2.88. The van der Waals surface area contributed by atoms with Gasteiger partial charge in [0.25, 0.3) is 11.8 Å². The van der Waals surface area contributed by atoms with E-state index in [4.69, 9.17) is 17.0 Å². The number of thiocarbonyl (C=S) groups is 1. The first-order valence-corrected chi connectivity index (χ1v) is 13.3. The van der Waals surface area contributed by atoms with Crippen LogP contribution < -0.4 is 15.0 Å². The van der Waals surface area contributed by atoms with Crippen molar-refractivity contribution in [3.8, 4) is 5.75 Å². The maximum atomic E-state index is 13.7. The summed E-state index contributed by atoms with van der Waals surface area (Å²) in [4.78, 5) is 43.3. The molecule has 192 valence electrons. The van der Waals surface area contributed by atoms with Crippen LogP contribution in [0.1, 0.15) is 16.7 Å². The molecule has 0 radical (unpaired) electrons. The van der Waals surface area contributed by atoms with Crippen molar-refractivity contribution in [2.45, 2.75) is 13.3 Å². The van der Waals surface area contributed by atoms with Gasteiger partial charge in [0.1, 0.15) is 16.6 Å². The minimum Gasteiger partial charge on any atom is -0.497 e. The van der Waals surface area contributed by atoms with Gasteiger partial charge in [-0.2, -0.15) is 0 Å². The van der Waals surface area contributed by atoms with Crippen molar-refractivity contribution in [1.82, 2.24) is 4.90 Å². The van der Waals surface area contributed by atoms with Gasteiger partial charge in [0.2, 0.25) is 5.91 Å². The standard InChI is InChI=1S/C29H25N3O4S2/c1-18-7-3-5-9-22(18)30-24(33)17-32-23-10-6-4-8-21(23)25(27(32)34)26-28(35)31(29(37)38-26)16-15-19-11-13-20(36-2)14-12-19/h3-14H,15-17H2,1-2H3,(H,30,33). The Morgan fingerprint density at radius 3 is 2.39 bits per heavy atom. The SMILES string of the molecule is COc1ccc(CCN2C(=O)C(=C3C(=O)N(CC(=O)Nc4ccccc4C)c4ccccc43)SC2=S)cc1. The molecular weight excluding hydrogens is 518 g/mol. The maximum absolute atomic E-state index is 13.7. The molecule has 1 fully saturated rings. The first-order valence-electron chi connectivity index (χ1n) is 12.0. The molecule has 5 rings (SSSR count). The van der Waals surface area contributed by atoms with Crippen LogP contribution in [0.25, 0.3) is 5.57 Å². The molecule has 3 amide bonds. The lowest BCUT2D eigenvalue weighted by Crippen LogP contribution is -2.36. The Bertz CT molecular complexity index is 1480. The molecule has 1 saturated heterocycles. The second-order valence-electron chi connectivity index (χ2n) is 8.90. The third-order valence-corrected chi connectivity index (χ3v) is 7.95. The number of benzene rings is 3. The topological polar surface area (TPSA) is 79.0 Å². The number of hydrogen-bond donors (Lipinski definition) is 1. The number of para-hydroxylation sites is 2. The fraction of sp³-hybridized carbons (Fsp3) is 0.172. The Labute approximate surface area is 230 Å². The van der Waals surface area contributed by atoms with Crippen molar-refractivity contribution in [3.63, 3.8) is 0 Å². The van der Waals surface area contributed by atoms with E-state index < -0.39 is 0 Å². The largest absolute Gasteiger partial charge is 0.497 e. The number of amides is 3. The van der Waals surface area contributed by atoms with Gasteiger partial charge >= 0.3 is 0 Å². The Morgan fingerprint density at radius 2 is 1.66 bits per heavy atom. The van der Waals surface area contributed by atoms with Crippen molar-refractivity contribution < 1.29 is 19.1 Å². The monoisotopic (exact) mass is 543 g/mol. The minimum absolute atomic E-state index is 0.175. The number of aryl methyl sites for hydroxylation is 1. The molecule has 3 aromatic rings. The Balaban J connectivity index is 1.37. The van der Waals surface area contributed by atoms with E-state index >= 15 is 0 Å². The molecule has 0 saturated carbocycles. The highest BCUT2D eigenvalue weighted by Gasteiger charge is 2.42. The van der Waals surface area contributed by atoms with E-state index in [1.807, 2.05) is 61.5 Å². The van der Waals surface area contributed by atoms with Crippen molar-refractivity contribution in [2.24, 2.45) is 0 Å². The fourth-order valence-corrected chi connectivity index (χ4v) is 5.86. The van der Waals surface area contributed by atoms with Gasteiger partial charge in [-0.25, -0.2) is 0 Å². The van der Waals surface area contributed by atoms with E-state index in [0.717, 1.165) is 28.6 Å². The maximum Gasteiger partial charge on any atom is 0.267 e. The number of rotatable bonds is 7. The molecule has 0 bridgehead atoms. The molecule has 1 N–H and O–H groups in total. The van der Waals surface area contributed by atoms with E-state index in [9.17, 15) is 14.4 Å². The summed E-state index contributed by atoms with van der Waals surface area (Å²) in [6.07, 6.45) is 0.606. The highest BCUT2D eigenvalue weighted by Crippen LogP contribution is 2.44. The zero-order chi connectivity index (χ0) is 26.8. The van der Waals surface area contributed by atoms with Gasteiger partial charge in [0.05, 0.1) is 23.3 Å². The van der Waals surface area contributed by atoms with Crippen molar-refractivity contribution in [1.29, 1.82) is 0 Å². The smallest absolute Gasteiger partial charge is 0.267 e. The summed E-state index contributed by atoms with van der Waals surface area (Å²) >= 11 is 6.66. The summed E-state index contributed by atoms with van der Waals surface area (Å²) in [6, 6.07) is 22.3. The normalized spacial score (nSPS) is 16.7. The average Bonchev–Trinajstić information content (AvgIpc) is 3.35. The van der Waals surface area contributed by atoms with Crippen LogP contribution in [0.2, 0.25) is 0 Å². The van der Waals surface area contributed by atoms with E-state index in [1.54, 1.807) is 25.3 Å². The lowest BCUT2D eigenvalue weighted by Gasteiger charge is -2.17. The van der Waals surface area contributed by atoms with Crippen molar-refractivity contribution in [2.75, 3.05) is 30.4 Å². The van der Waals surface area contributed by atoms with Crippen LogP contribution in [0, 0.1) is 6.92 Å². The molecule has 0 atom stereocenters. The number of nitrogens with zero attached hydrogens (tertiary/aromatic N) is 2. The molecule has 2 aliphatic heterocycles. The minimum atomic E-state index is -0.387. The van der Waals surface area contributed by atoms with Gasteiger partial charge < -0.3 is 10.1 Å². The lowest BCUT2D eigenvalue weighted by molar-refractivity contribution is -0.122.